The molecule has 0 radical (unpaired) electrons. The molecule has 0 N–H and O–H groups in total. The van der Waals surface area contributed by atoms with Crippen LogP contribution in [0.2, 0.25) is 0 Å². The van der Waals surface area contributed by atoms with E-state index in [1.165, 1.54) is 12.1 Å². The highest BCUT2D eigenvalue weighted by Gasteiger charge is 2.29. The third kappa shape index (κ3) is 2.80. The molecule has 0 unspecified atom stereocenters. The molecule has 0 fully saturated rings. The van der Waals surface area contributed by atoms with E-state index >= 15 is 0 Å². The Balaban J connectivity index is 2.40. The van der Waals surface area contributed by atoms with Crippen LogP contribution < -0.4 is 0 Å². The molecular weight excluding hydrogens is 340 g/mol. The zero-order valence-electron chi connectivity index (χ0n) is 8.63. The summed E-state index contributed by atoms with van der Waals surface area (Å²) in [4.78, 5) is 0. The zero-order chi connectivity index (χ0) is 12.5. The van der Waals surface area contributed by atoms with Crippen LogP contribution in [0.1, 0.15) is 5.56 Å². The molecule has 0 spiro atoms. The summed E-state index contributed by atoms with van der Waals surface area (Å²) in [6.07, 6.45) is -4.28. The number of hydrogen-bond acceptors (Lipinski definition) is 0. The van der Waals surface area contributed by atoms with E-state index in [1.807, 2.05) is 24.3 Å². The molecule has 2 aromatic carbocycles. The van der Waals surface area contributed by atoms with E-state index in [0.29, 0.717) is 0 Å². The van der Waals surface area contributed by atoms with Crippen LogP contribution in [0.5, 0.6) is 0 Å². The minimum absolute atomic E-state index is 0.618. The topological polar surface area (TPSA) is 0 Å². The Hall–Kier alpha value is -1.04. The first-order valence-electron chi connectivity index (χ1n) is 4.90. The molecule has 0 saturated heterocycles. The van der Waals surface area contributed by atoms with Gasteiger partial charge in [0.1, 0.15) is 0 Å². The average Bonchev–Trinajstić information content (AvgIpc) is 2.29. The molecule has 4 heteroatoms. The van der Waals surface area contributed by atoms with Gasteiger partial charge >= 0.3 is 6.18 Å². The second-order valence-corrected chi connectivity index (χ2v) is 4.72. The number of halogens is 4. The van der Waals surface area contributed by atoms with Gasteiger partial charge < -0.3 is 0 Å². The summed E-state index contributed by atoms with van der Waals surface area (Å²) in [6.45, 7) is 0. The van der Waals surface area contributed by atoms with Gasteiger partial charge in [0.25, 0.3) is 0 Å². The molecule has 0 heterocycles. The second-order valence-electron chi connectivity index (χ2n) is 3.55. The largest absolute Gasteiger partial charge is 0.416 e. The fourth-order valence-electron chi connectivity index (χ4n) is 1.53. The van der Waals surface area contributed by atoms with Gasteiger partial charge in [0.05, 0.1) is 5.56 Å². The Morgan fingerprint density at radius 1 is 0.824 bits per heavy atom. The molecule has 0 amide bonds. The molecule has 0 nitrogen and oxygen atoms in total. The third-order valence-electron chi connectivity index (χ3n) is 2.40. The molecule has 0 atom stereocenters. The number of rotatable bonds is 1. The lowest BCUT2D eigenvalue weighted by molar-refractivity contribution is -0.137. The van der Waals surface area contributed by atoms with Crippen molar-refractivity contribution in [2.24, 2.45) is 0 Å². The number of benzene rings is 2. The Labute approximate surface area is 111 Å². The monoisotopic (exact) mass is 348 g/mol. The van der Waals surface area contributed by atoms with Crippen molar-refractivity contribution in [1.29, 1.82) is 0 Å². The van der Waals surface area contributed by atoms with Gasteiger partial charge in [-0.15, -0.1) is 0 Å². The molecule has 2 rings (SSSR count). The van der Waals surface area contributed by atoms with E-state index in [1.54, 1.807) is 0 Å². The van der Waals surface area contributed by atoms with Crippen molar-refractivity contribution in [3.8, 4) is 11.1 Å². The second kappa shape index (κ2) is 4.68. The van der Waals surface area contributed by atoms with E-state index in [9.17, 15) is 13.2 Å². The Bertz CT molecular complexity index is 515. The minimum atomic E-state index is -4.28. The predicted molar refractivity (Wildman–Crippen MR) is 69.6 cm³/mol. The molecule has 88 valence electrons. The van der Waals surface area contributed by atoms with Crippen molar-refractivity contribution in [2.75, 3.05) is 0 Å². The van der Waals surface area contributed by atoms with Crippen LogP contribution in [-0.4, -0.2) is 0 Å². The SMILES string of the molecule is FC(F)(F)c1ccc(-c2ccccc2I)cc1. The van der Waals surface area contributed by atoms with Crippen LogP contribution in [0.15, 0.2) is 48.5 Å². The van der Waals surface area contributed by atoms with Crippen LogP contribution in [0.25, 0.3) is 11.1 Å². The predicted octanol–water partition coefficient (Wildman–Crippen LogP) is 4.98. The van der Waals surface area contributed by atoms with Crippen molar-refractivity contribution < 1.29 is 13.2 Å². The highest BCUT2D eigenvalue weighted by molar-refractivity contribution is 14.1. The quantitative estimate of drug-likeness (QED) is 0.638. The highest BCUT2D eigenvalue weighted by atomic mass is 127. The van der Waals surface area contributed by atoms with Crippen molar-refractivity contribution in [3.63, 3.8) is 0 Å². The smallest absolute Gasteiger partial charge is 0.166 e. The maximum absolute atomic E-state index is 12.4. The summed E-state index contributed by atoms with van der Waals surface area (Å²) in [5.41, 5.74) is 1.12. The van der Waals surface area contributed by atoms with E-state index in [-0.39, 0.29) is 0 Å². The first kappa shape index (κ1) is 12.4. The van der Waals surface area contributed by atoms with Gasteiger partial charge in [0.15, 0.2) is 0 Å². The van der Waals surface area contributed by atoms with Gasteiger partial charge in [0.2, 0.25) is 0 Å². The summed E-state index contributed by atoms with van der Waals surface area (Å²) in [5, 5.41) is 0. The Kier molecular flexibility index (Phi) is 3.42. The van der Waals surface area contributed by atoms with Crippen LogP contribution in [0.4, 0.5) is 13.2 Å². The van der Waals surface area contributed by atoms with Gasteiger partial charge in [-0.3, -0.25) is 0 Å². The maximum Gasteiger partial charge on any atom is 0.416 e. The van der Waals surface area contributed by atoms with Crippen molar-refractivity contribution in [3.05, 3.63) is 57.7 Å². The van der Waals surface area contributed by atoms with E-state index in [2.05, 4.69) is 22.6 Å². The molecule has 0 aliphatic carbocycles. The van der Waals surface area contributed by atoms with Crippen molar-refractivity contribution >= 4 is 22.6 Å². The van der Waals surface area contributed by atoms with E-state index in [0.717, 1.165) is 26.8 Å². The first-order valence-corrected chi connectivity index (χ1v) is 5.98. The van der Waals surface area contributed by atoms with Crippen molar-refractivity contribution in [1.82, 2.24) is 0 Å². The first-order chi connectivity index (χ1) is 7.98. The van der Waals surface area contributed by atoms with Crippen LogP contribution in [0.3, 0.4) is 0 Å². The molecule has 17 heavy (non-hydrogen) atoms. The standard InChI is InChI=1S/C13H8F3I/c14-13(15,16)10-7-5-9(6-8-10)11-3-1-2-4-12(11)17/h1-8H. The van der Waals surface area contributed by atoms with Crippen LogP contribution in [-0.2, 0) is 6.18 Å². The third-order valence-corrected chi connectivity index (χ3v) is 3.34. The van der Waals surface area contributed by atoms with Gasteiger partial charge in [-0.25, -0.2) is 0 Å². The molecular formula is C13H8F3I. The lowest BCUT2D eigenvalue weighted by atomic mass is 10.0. The van der Waals surface area contributed by atoms with Gasteiger partial charge in [-0.2, -0.15) is 13.2 Å². The van der Waals surface area contributed by atoms with Crippen LogP contribution in [0, 0.1) is 3.57 Å². The molecule has 0 aromatic heterocycles. The normalized spacial score (nSPS) is 11.5. The fraction of sp³-hybridized carbons (Fsp3) is 0.0769. The van der Waals surface area contributed by atoms with Gasteiger partial charge in [-0.1, -0.05) is 30.3 Å². The number of hydrogen-bond donors (Lipinski definition) is 0. The summed E-state index contributed by atoms with van der Waals surface area (Å²) in [5.74, 6) is 0. The van der Waals surface area contributed by atoms with Gasteiger partial charge in [-0.05, 0) is 51.9 Å². The van der Waals surface area contributed by atoms with Gasteiger partial charge in [0, 0.05) is 3.57 Å². The average molecular weight is 348 g/mol. The molecule has 0 aliphatic heterocycles. The summed E-state index contributed by atoms with van der Waals surface area (Å²) < 4.78 is 38.2. The Morgan fingerprint density at radius 3 is 1.94 bits per heavy atom. The number of alkyl halides is 3. The van der Waals surface area contributed by atoms with E-state index < -0.39 is 11.7 Å². The maximum atomic E-state index is 12.4. The molecule has 2 aromatic rings. The molecule has 0 saturated carbocycles. The zero-order valence-corrected chi connectivity index (χ0v) is 10.8. The lowest BCUT2D eigenvalue weighted by Gasteiger charge is -2.08. The summed E-state index contributed by atoms with van der Waals surface area (Å²) in [6, 6.07) is 12.8. The highest BCUT2D eigenvalue weighted by Crippen LogP contribution is 2.31. The summed E-state index contributed by atoms with van der Waals surface area (Å²) >= 11 is 2.17. The summed E-state index contributed by atoms with van der Waals surface area (Å²) in [7, 11) is 0. The lowest BCUT2D eigenvalue weighted by Crippen LogP contribution is -2.04. The Morgan fingerprint density at radius 2 is 1.41 bits per heavy atom. The fourth-order valence-corrected chi connectivity index (χ4v) is 2.23. The van der Waals surface area contributed by atoms with Crippen molar-refractivity contribution in [2.45, 2.75) is 6.18 Å². The molecule has 0 bridgehead atoms. The molecule has 0 aliphatic rings. The van der Waals surface area contributed by atoms with Crippen LogP contribution >= 0.6 is 22.6 Å². The minimum Gasteiger partial charge on any atom is -0.166 e. The van der Waals surface area contributed by atoms with E-state index in [4.69, 9.17) is 0 Å².